The summed E-state index contributed by atoms with van der Waals surface area (Å²) in [6, 6.07) is 8.55. The molecule has 1 aromatic rings. The minimum atomic E-state index is 0.414. The summed E-state index contributed by atoms with van der Waals surface area (Å²) in [4.78, 5) is 12.4. The fourth-order valence-corrected chi connectivity index (χ4v) is 4.45. The second-order valence-electron chi connectivity index (χ2n) is 8.30. The third-order valence-electron chi connectivity index (χ3n) is 6.11. The zero-order chi connectivity index (χ0) is 21.2. The SMILES string of the molecule is CCNC(=NCCCCN1CCN(CC)CC1)NC1CCN(c2cccc(Cl)c2)C1. The molecule has 1 atom stereocenters. The Labute approximate surface area is 187 Å². The Morgan fingerprint density at radius 2 is 1.90 bits per heavy atom. The first-order valence-corrected chi connectivity index (χ1v) is 12.1. The van der Waals surface area contributed by atoms with Crippen LogP contribution in [0.15, 0.2) is 29.3 Å². The number of piperazine rings is 1. The van der Waals surface area contributed by atoms with Gasteiger partial charge in [-0.3, -0.25) is 4.99 Å². The third kappa shape index (κ3) is 7.33. The van der Waals surface area contributed by atoms with Crippen molar-refractivity contribution in [2.24, 2.45) is 4.99 Å². The van der Waals surface area contributed by atoms with Crippen LogP contribution in [0.5, 0.6) is 0 Å². The van der Waals surface area contributed by atoms with Crippen molar-refractivity contribution in [3.05, 3.63) is 29.3 Å². The van der Waals surface area contributed by atoms with E-state index < -0.39 is 0 Å². The highest BCUT2D eigenvalue weighted by Crippen LogP contribution is 2.23. The maximum atomic E-state index is 6.15. The molecule has 7 heteroatoms. The summed E-state index contributed by atoms with van der Waals surface area (Å²) in [6.45, 7) is 15.4. The Kier molecular flexibility index (Phi) is 9.56. The minimum Gasteiger partial charge on any atom is -0.369 e. The number of likely N-dealkylation sites (N-methyl/N-ethyl adjacent to an activating group) is 1. The smallest absolute Gasteiger partial charge is 0.191 e. The Morgan fingerprint density at radius 1 is 1.10 bits per heavy atom. The Bertz CT molecular complexity index is 659. The largest absolute Gasteiger partial charge is 0.369 e. The molecular formula is C23H39ClN6. The van der Waals surface area contributed by atoms with Crippen molar-refractivity contribution in [1.82, 2.24) is 20.4 Å². The fraction of sp³-hybridized carbons (Fsp3) is 0.696. The van der Waals surface area contributed by atoms with Gasteiger partial charge in [0.05, 0.1) is 0 Å². The molecule has 1 aromatic carbocycles. The van der Waals surface area contributed by atoms with Crippen LogP contribution in [0, 0.1) is 0 Å². The van der Waals surface area contributed by atoms with Crippen LogP contribution in [0.2, 0.25) is 5.02 Å². The molecule has 0 spiro atoms. The van der Waals surface area contributed by atoms with Gasteiger partial charge >= 0.3 is 0 Å². The lowest BCUT2D eigenvalue weighted by molar-refractivity contribution is 0.136. The minimum absolute atomic E-state index is 0.414. The van der Waals surface area contributed by atoms with Gasteiger partial charge in [0.15, 0.2) is 5.96 Å². The van der Waals surface area contributed by atoms with Crippen LogP contribution in [0.1, 0.15) is 33.1 Å². The van der Waals surface area contributed by atoms with Gasteiger partial charge in [-0.1, -0.05) is 24.6 Å². The van der Waals surface area contributed by atoms with Crippen LogP contribution in [-0.4, -0.2) is 87.2 Å². The maximum absolute atomic E-state index is 6.15. The molecule has 0 aliphatic carbocycles. The molecule has 2 fully saturated rings. The predicted molar refractivity (Wildman–Crippen MR) is 129 cm³/mol. The van der Waals surface area contributed by atoms with E-state index in [0.29, 0.717) is 6.04 Å². The highest BCUT2D eigenvalue weighted by atomic mass is 35.5. The maximum Gasteiger partial charge on any atom is 0.191 e. The highest BCUT2D eigenvalue weighted by Gasteiger charge is 2.23. The summed E-state index contributed by atoms with van der Waals surface area (Å²) in [5.74, 6) is 0.951. The molecule has 3 rings (SSSR count). The number of nitrogens with zero attached hydrogens (tertiary/aromatic N) is 4. The first-order valence-electron chi connectivity index (χ1n) is 11.7. The molecule has 0 aromatic heterocycles. The standard InChI is InChI=1S/C23H39ClN6/c1-3-25-23(26-11-5-6-12-29-16-14-28(4-2)15-17-29)27-21-10-13-30(19-21)22-9-7-8-20(24)18-22/h7-9,18,21H,3-6,10-17,19H2,1-2H3,(H2,25,26,27). The first-order chi connectivity index (χ1) is 14.7. The summed E-state index contributed by atoms with van der Waals surface area (Å²) in [5, 5.41) is 7.84. The molecule has 168 valence electrons. The van der Waals surface area contributed by atoms with E-state index in [-0.39, 0.29) is 0 Å². The van der Waals surface area contributed by atoms with Crippen molar-refractivity contribution in [3.63, 3.8) is 0 Å². The van der Waals surface area contributed by atoms with Crippen molar-refractivity contribution >= 4 is 23.2 Å². The van der Waals surface area contributed by atoms with Crippen molar-refractivity contribution in [2.45, 2.75) is 39.2 Å². The predicted octanol–water partition coefficient (Wildman–Crippen LogP) is 2.89. The topological polar surface area (TPSA) is 46.1 Å². The molecule has 0 bridgehead atoms. The quantitative estimate of drug-likeness (QED) is 0.355. The zero-order valence-corrected chi connectivity index (χ0v) is 19.5. The van der Waals surface area contributed by atoms with Gasteiger partial charge < -0.3 is 25.3 Å². The van der Waals surface area contributed by atoms with E-state index in [9.17, 15) is 0 Å². The first kappa shape index (κ1) is 23.2. The summed E-state index contributed by atoms with van der Waals surface area (Å²) < 4.78 is 0. The molecule has 6 nitrogen and oxygen atoms in total. The number of halogens is 1. The lowest BCUT2D eigenvalue weighted by Crippen LogP contribution is -2.46. The molecule has 1 unspecified atom stereocenters. The van der Waals surface area contributed by atoms with Crippen molar-refractivity contribution in [1.29, 1.82) is 0 Å². The Balaban J connectivity index is 1.37. The lowest BCUT2D eigenvalue weighted by Gasteiger charge is -2.33. The van der Waals surface area contributed by atoms with E-state index >= 15 is 0 Å². The molecular weight excluding hydrogens is 396 g/mol. The number of anilines is 1. The summed E-state index contributed by atoms with van der Waals surface area (Å²) in [7, 11) is 0. The average Bonchev–Trinajstić information content (AvgIpc) is 3.22. The number of unbranched alkanes of at least 4 members (excludes halogenated alkanes) is 1. The summed E-state index contributed by atoms with van der Waals surface area (Å²) >= 11 is 6.15. The Hall–Kier alpha value is -1.50. The molecule has 2 aliphatic heterocycles. The monoisotopic (exact) mass is 434 g/mol. The normalized spacial score (nSPS) is 21.2. The molecule has 2 N–H and O–H groups in total. The molecule has 0 amide bonds. The molecule has 2 aliphatic rings. The second kappa shape index (κ2) is 12.4. The Morgan fingerprint density at radius 3 is 2.63 bits per heavy atom. The van der Waals surface area contributed by atoms with E-state index in [1.54, 1.807) is 0 Å². The number of guanidine groups is 1. The van der Waals surface area contributed by atoms with E-state index in [1.807, 2.05) is 18.2 Å². The van der Waals surface area contributed by atoms with Crippen molar-refractivity contribution in [2.75, 3.05) is 70.3 Å². The van der Waals surface area contributed by atoms with Crippen LogP contribution in [0.3, 0.4) is 0 Å². The summed E-state index contributed by atoms with van der Waals surface area (Å²) in [6.07, 6.45) is 3.48. The van der Waals surface area contributed by atoms with E-state index in [4.69, 9.17) is 16.6 Å². The zero-order valence-electron chi connectivity index (χ0n) is 18.7. The second-order valence-corrected chi connectivity index (χ2v) is 8.74. The van der Waals surface area contributed by atoms with Gasteiger partial charge in [0, 0.05) is 69.1 Å². The van der Waals surface area contributed by atoms with Crippen LogP contribution >= 0.6 is 11.6 Å². The van der Waals surface area contributed by atoms with E-state index in [1.165, 1.54) is 51.4 Å². The molecule has 2 saturated heterocycles. The van der Waals surface area contributed by atoms with Crippen molar-refractivity contribution in [3.8, 4) is 0 Å². The van der Waals surface area contributed by atoms with Gasteiger partial charge in [-0.2, -0.15) is 0 Å². The van der Waals surface area contributed by atoms with E-state index in [2.05, 4.69) is 45.2 Å². The van der Waals surface area contributed by atoms with Crippen LogP contribution < -0.4 is 15.5 Å². The molecule has 30 heavy (non-hydrogen) atoms. The number of benzene rings is 1. The average molecular weight is 435 g/mol. The van der Waals surface area contributed by atoms with Gasteiger partial charge in [0.25, 0.3) is 0 Å². The van der Waals surface area contributed by atoms with Crippen molar-refractivity contribution < 1.29 is 0 Å². The lowest BCUT2D eigenvalue weighted by atomic mass is 10.2. The summed E-state index contributed by atoms with van der Waals surface area (Å²) in [5.41, 5.74) is 1.20. The number of hydrogen-bond acceptors (Lipinski definition) is 4. The number of aliphatic imine (C=N–C) groups is 1. The molecule has 0 saturated carbocycles. The fourth-order valence-electron chi connectivity index (χ4n) is 4.27. The highest BCUT2D eigenvalue weighted by molar-refractivity contribution is 6.30. The van der Waals surface area contributed by atoms with Crippen LogP contribution in [0.25, 0.3) is 0 Å². The number of rotatable bonds is 9. The third-order valence-corrected chi connectivity index (χ3v) is 6.35. The van der Waals surface area contributed by atoms with E-state index in [0.717, 1.165) is 50.0 Å². The molecule has 0 radical (unpaired) electrons. The van der Waals surface area contributed by atoms with Gasteiger partial charge in [-0.15, -0.1) is 0 Å². The number of nitrogens with one attached hydrogen (secondary N) is 2. The van der Waals surface area contributed by atoms with Gasteiger partial charge in [-0.05, 0) is 57.5 Å². The van der Waals surface area contributed by atoms with Gasteiger partial charge in [0.1, 0.15) is 0 Å². The van der Waals surface area contributed by atoms with Gasteiger partial charge in [-0.25, -0.2) is 0 Å². The van der Waals surface area contributed by atoms with Crippen LogP contribution in [0.4, 0.5) is 5.69 Å². The number of hydrogen-bond donors (Lipinski definition) is 2. The van der Waals surface area contributed by atoms with Crippen LogP contribution in [-0.2, 0) is 0 Å². The van der Waals surface area contributed by atoms with Gasteiger partial charge in [0.2, 0.25) is 0 Å². The molecule has 2 heterocycles.